The van der Waals surface area contributed by atoms with Gasteiger partial charge >= 0.3 is 19.8 Å². The highest BCUT2D eigenvalue weighted by molar-refractivity contribution is 7.47. The molecule has 1 rings (SSSR count). The van der Waals surface area contributed by atoms with Crippen molar-refractivity contribution in [1.29, 1.82) is 0 Å². The molecule has 0 spiro atoms. The molecule has 0 bridgehead atoms. The van der Waals surface area contributed by atoms with Crippen molar-refractivity contribution in [2.75, 3.05) is 26.4 Å². The van der Waals surface area contributed by atoms with Gasteiger partial charge in [-0.05, 0) is 82.4 Å². The van der Waals surface area contributed by atoms with Gasteiger partial charge in [-0.2, -0.15) is 0 Å². The number of ether oxygens (including phenoxy) is 2. The molecular weight excluding hydrogens is 745 g/mol. The van der Waals surface area contributed by atoms with E-state index < -0.39 is 32.5 Å². The summed E-state index contributed by atoms with van der Waals surface area (Å²) in [6.45, 7) is 7.68. The lowest BCUT2D eigenvalue weighted by Gasteiger charge is -2.19. The molecule has 0 saturated carbocycles. The van der Waals surface area contributed by atoms with Crippen LogP contribution < -0.4 is 5.73 Å². The van der Waals surface area contributed by atoms with Crippen LogP contribution in [0.4, 0.5) is 0 Å². The molecule has 0 aliphatic carbocycles. The minimum Gasteiger partial charge on any atom is -0.466 e. The third kappa shape index (κ3) is 28.1. The van der Waals surface area contributed by atoms with Gasteiger partial charge in [0.2, 0.25) is 0 Å². The normalized spacial score (nSPS) is 13.6. The Balaban J connectivity index is 2.31. The van der Waals surface area contributed by atoms with Gasteiger partial charge < -0.3 is 24.5 Å². The van der Waals surface area contributed by atoms with Gasteiger partial charge in [0.05, 0.1) is 13.2 Å². The van der Waals surface area contributed by atoms with Gasteiger partial charge in [-0.15, -0.1) is 0 Å². The molecule has 0 fully saturated rings. The van der Waals surface area contributed by atoms with Gasteiger partial charge in [0, 0.05) is 38.6 Å². The number of carbonyl (C=O) groups is 3. The average molecular weight is 820 g/mol. The van der Waals surface area contributed by atoms with E-state index in [9.17, 15) is 23.8 Å². The molecule has 57 heavy (non-hydrogen) atoms. The number of hydrogen-bond acceptors (Lipinski definition) is 10. The lowest BCUT2D eigenvalue weighted by atomic mass is 10.0. The molecule has 3 N–H and O–H groups in total. The Bertz CT molecular complexity index is 1410. The van der Waals surface area contributed by atoms with E-state index in [1.165, 1.54) is 24.0 Å². The average Bonchev–Trinajstić information content (AvgIpc) is 3.45. The van der Waals surface area contributed by atoms with E-state index >= 15 is 0 Å². The fraction of sp³-hybridized carbons (Fsp3) is 0.667. The minimum absolute atomic E-state index is 0.0269. The predicted molar refractivity (Wildman–Crippen MR) is 228 cm³/mol. The Hall–Kier alpha value is -3.08. The van der Waals surface area contributed by atoms with E-state index in [0.29, 0.717) is 25.7 Å². The Morgan fingerprint density at radius 3 is 2.00 bits per heavy atom. The number of esters is 2. The van der Waals surface area contributed by atoms with Crippen molar-refractivity contribution in [3.8, 4) is 0 Å². The van der Waals surface area contributed by atoms with E-state index in [-0.39, 0.29) is 38.4 Å². The molecule has 324 valence electrons. The number of aryl methyl sites for hydroxylation is 2. The van der Waals surface area contributed by atoms with Crippen LogP contribution in [0, 0.1) is 13.8 Å². The summed E-state index contributed by atoms with van der Waals surface area (Å²) in [6, 6.07) is 0. The second-order valence-corrected chi connectivity index (χ2v) is 15.9. The van der Waals surface area contributed by atoms with E-state index in [2.05, 4.69) is 27.7 Å². The van der Waals surface area contributed by atoms with Gasteiger partial charge in [-0.25, -0.2) is 4.57 Å². The smallest absolute Gasteiger partial charge is 0.466 e. The first-order chi connectivity index (χ1) is 27.5. The summed E-state index contributed by atoms with van der Waals surface area (Å²) in [4.78, 5) is 46.6. The third-order valence-electron chi connectivity index (χ3n) is 9.37. The van der Waals surface area contributed by atoms with Crippen molar-refractivity contribution in [2.24, 2.45) is 5.73 Å². The van der Waals surface area contributed by atoms with Gasteiger partial charge in [-0.1, -0.05) is 108 Å². The first-order valence-corrected chi connectivity index (χ1v) is 22.9. The van der Waals surface area contributed by atoms with Crippen LogP contribution >= 0.6 is 7.82 Å². The summed E-state index contributed by atoms with van der Waals surface area (Å²) >= 11 is 0. The standard InChI is InChI=1S/C45H74NO10P/c1-5-7-23-29-40(47)30-24-19-15-11-9-8-10-12-18-22-27-33-45(49)55-41(37-54-57(50,51)53-35-34-46)36-52-44(48)32-26-21-17-14-13-16-20-25-31-43-39(4)38(3)42(56-43)28-6-2/h8-9,12,15,18-19,24,30,41H,5-7,10-11,13-14,16-17,20-23,25-29,31-37,46H2,1-4H3,(H,50,51)/b9-8-,18-12-,19-15-,30-24+/t41-/m1/s1. The number of unbranched alkanes of at least 4 members (excludes halogenated alkanes) is 10. The predicted octanol–water partition coefficient (Wildman–Crippen LogP) is 10.8. The Kier molecular flexibility index (Phi) is 30.8. The topological polar surface area (TPSA) is 165 Å². The van der Waals surface area contributed by atoms with Crippen LogP contribution in [-0.2, 0) is 50.3 Å². The van der Waals surface area contributed by atoms with Gasteiger partial charge in [0.15, 0.2) is 11.9 Å². The molecule has 11 nitrogen and oxygen atoms in total. The molecule has 0 aliphatic heterocycles. The quantitative estimate of drug-likeness (QED) is 0.0165. The first-order valence-electron chi connectivity index (χ1n) is 21.4. The number of phosphoric acid groups is 1. The summed E-state index contributed by atoms with van der Waals surface area (Å²) < 4.78 is 38.8. The number of allylic oxidation sites excluding steroid dienone is 8. The molecule has 0 radical (unpaired) electrons. The van der Waals surface area contributed by atoms with Crippen LogP contribution in [0.3, 0.4) is 0 Å². The Morgan fingerprint density at radius 2 is 1.32 bits per heavy atom. The molecule has 0 aliphatic rings. The second-order valence-electron chi connectivity index (χ2n) is 14.5. The van der Waals surface area contributed by atoms with Crippen molar-refractivity contribution in [3.63, 3.8) is 0 Å². The van der Waals surface area contributed by atoms with Crippen LogP contribution in [0.5, 0.6) is 0 Å². The van der Waals surface area contributed by atoms with E-state index in [1.54, 1.807) is 12.2 Å². The van der Waals surface area contributed by atoms with E-state index in [1.807, 2.05) is 36.5 Å². The number of phosphoric ester groups is 1. The number of carbonyl (C=O) groups excluding carboxylic acids is 3. The van der Waals surface area contributed by atoms with Gasteiger partial charge in [0.25, 0.3) is 0 Å². The summed E-state index contributed by atoms with van der Waals surface area (Å²) in [7, 11) is -4.42. The van der Waals surface area contributed by atoms with Gasteiger partial charge in [0.1, 0.15) is 18.1 Å². The molecule has 1 aromatic heterocycles. The van der Waals surface area contributed by atoms with E-state index in [0.717, 1.165) is 95.0 Å². The molecule has 0 saturated heterocycles. The fourth-order valence-electron chi connectivity index (χ4n) is 5.92. The first kappa shape index (κ1) is 51.9. The van der Waals surface area contributed by atoms with Crippen LogP contribution in [0.2, 0.25) is 0 Å². The Morgan fingerprint density at radius 1 is 0.702 bits per heavy atom. The molecule has 0 aromatic carbocycles. The number of ketones is 1. The molecule has 1 aromatic rings. The molecule has 1 heterocycles. The third-order valence-corrected chi connectivity index (χ3v) is 10.4. The lowest BCUT2D eigenvalue weighted by molar-refractivity contribution is -0.161. The fourth-order valence-corrected chi connectivity index (χ4v) is 6.69. The number of rotatable bonds is 36. The molecule has 1 unspecified atom stereocenters. The van der Waals surface area contributed by atoms with Crippen LogP contribution in [0.1, 0.15) is 158 Å². The van der Waals surface area contributed by atoms with E-state index in [4.69, 9.17) is 28.7 Å². The Labute approximate surface area is 343 Å². The van der Waals surface area contributed by atoms with Crippen molar-refractivity contribution < 1.29 is 46.8 Å². The molecule has 0 amide bonds. The summed E-state index contributed by atoms with van der Waals surface area (Å²) in [6.07, 6.45) is 32.7. The highest BCUT2D eigenvalue weighted by Crippen LogP contribution is 2.43. The number of hydrogen-bond donors (Lipinski definition) is 2. The van der Waals surface area contributed by atoms with Crippen molar-refractivity contribution in [2.45, 2.75) is 169 Å². The second kappa shape index (κ2) is 33.8. The van der Waals surface area contributed by atoms with Crippen molar-refractivity contribution >= 4 is 25.5 Å². The zero-order valence-corrected chi connectivity index (χ0v) is 36.4. The number of furan rings is 1. The maximum Gasteiger partial charge on any atom is 0.472 e. The highest BCUT2D eigenvalue weighted by Gasteiger charge is 2.26. The maximum absolute atomic E-state index is 12.6. The zero-order chi connectivity index (χ0) is 42.0. The van der Waals surface area contributed by atoms with Crippen LogP contribution in [0.15, 0.2) is 53.0 Å². The molecule has 12 heteroatoms. The summed E-state index contributed by atoms with van der Waals surface area (Å²) in [5.74, 6) is 1.49. The van der Waals surface area contributed by atoms with Crippen LogP contribution in [0.25, 0.3) is 0 Å². The largest absolute Gasteiger partial charge is 0.472 e. The lowest BCUT2D eigenvalue weighted by Crippen LogP contribution is -2.29. The van der Waals surface area contributed by atoms with Crippen LogP contribution in [-0.4, -0.2) is 55.1 Å². The SMILES string of the molecule is CCCCCC(=O)/C=C/C=C\C/C=C\C/C=C\CCCC(=O)O[C@H](COC(=O)CCCCCCCCCCc1oc(CCC)c(C)c1C)COP(=O)(O)OCCN. The highest BCUT2D eigenvalue weighted by atomic mass is 31.2. The van der Waals surface area contributed by atoms with Gasteiger partial charge in [-0.3, -0.25) is 23.4 Å². The van der Waals surface area contributed by atoms with Crippen molar-refractivity contribution in [3.05, 3.63) is 71.3 Å². The number of nitrogens with two attached hydrogens (primary N) is 1. The summed E-state index contributed by atoms with van der Waals surface area (Å²) in [5.41, 5.74) is 7.95. The van der Waals surface area contributed by atoms with Crippen molar-refractivity contribution in [1.82, 2.24) is 0 Å². The monoisotopic (exact) mass is 820 g/mol. The maximum atomic E-state index is 12.6. The zero-order valence-electron chi connectivity index (χ0n) is 35.5. The molecular formula is C45H74NO10P. The molecule has 2 atom stereocenters. The summed E-state index contributed by atoms with van der Waals surface area (Å²) in [5, 5.41) is 0. The minimum atomic E-state index is -4.42.